The smallest absolute Gasteiger partial charge is 0.273 e. The average Bonchev–Trinajstić information content (AvgIpc) is 3.00. The van der Waals surface area contributed by atoms with Crippen LogP contribution >= 0.6 is 0 Å². The third-order valence-corrected chi connectivity index (χ3v) is 5.12. The second kappa shape index (κ2) is 7.16. The molecule has 1 unspecified atom stereocenters. The fraction of sp³-hybridized carbons (Fsp3) is 0.227. The Balaban J connectivity index is 1.88. The van der Waals surface area contributed by atoms with Gasteiger partial charge in [0.25, 0.3) is 5.56 Å². The minimum atomic E-state index is -0.551. The Morgan fingerprint density at radius 1 is 1.17 bits per heavy atom. The van der Waals surface area contributed by atoms with Crippen molar-refractivity contribution in [2.45, 2.75) is 33.2 Å². The molecule has 2 aromatic heterocycles. The summed E-state index contributed by atoms with van der Waals surface area (Å²) < 4.78 is 17.1. The Kier molecular flexibility index (Phi) is 4.66. The van der Waals surface area contributed by atoms with Gasteiger partial charge in [0.15, 0.2) is 5.65 Å². The molecule has 6 nitrogen and oxygen atoms in total. The fourth-order valence-corrected chi connectivity index (χ4v) is 3.77. The van der Waals surface area contributed by atoms with E-state index in [4.69, 9.17) is 0 Å². The molecule has 1 N–H and O–H groups in total. The van der Waals surface area contributed by atoms with Crippen molar-refractivity contribution in [2.75, 3.05) is 5.32 Å². The summed E-state index contributed by atoms with van der Waals surface area (Å²) >= 11 is 0. The summed E-state index contributed by atoms with van der Waals surface area (Å²) in [4.78, 5) is 29.4. The van der Waals surface area contributed by atoms with Crippen LogP contribution < -0.4 is 10.9 Å². The molecule has 0 saturated carbocycles. The summed E-state index contributed by atoms with van der Waals surface area (Å²) in [5.74, 6) is -0.566. The second-order valence-electron chi connectivity index (χ2n) is 7.11. The number of aromatic nitrogens is 3. The summed E-state index contributed by atoms with van der Waals surface area (Å²) in [7, 11) is 0. The maximum Gasteiger partial charge on any atom is 0.273 e. The van der Waals surface area contributed by atoms with Crippen molar-refractivity contribution < 1.29 is 9.18 Å². The molecule has 0 bridgehead atoms. The van der Waals surface area contributed by atoms with Gasteiger partial charge in [0, 0.05) is 22.8 Å². The minimum Gasteiger partial charge on any atom is -0.324 e. The molecule has 1 amide bonds. The van der Waals surface area contributed by atoms with Crippen molar-refractivity contribution >= 4 is 28.1 Å². The highest BCUT2D eigenvalue weighted by Gasteiger charge is 2.25. The molecule has 0 radical (unpaired) electrons. The van der Waals surface area contributed by atoms with Crippen molar-refractivity contribution in [3.63, 3.8) is 0 Å². The normalized spacial score (nSPS) is 12.4. The van der Waals surface area contributed by atoms with E-state index in [-0.39, 0.29) is 17.3 Å². The monoisotopic (exact) mass is 392 g/mol. The lowest BCUT2D eigenvalue weighted by atomic mass is 10.1. The van der Waals surface area contributed by atoms with E-state index in [0.717, 1.165) is 10.9 Å². The molecule has 2 heterocycles. The molecule has 0 fully saturated rings. The molecular weight excluding hydrogens is 371 g/mol. The van der Waals surface area contributed by atoms with Crippen LogP contribution in [-0.2, 0) is 4.79 Å². The van der Waals surface area contributed by atoms with Crippen molar-refractivity contribution in [1.82, 2.24) is 14.2 Å². The first-order valence-corrected chi connectivity index (χ1v) is 9.47. The van der Waals surface area contributed by atoms with Crippen molar-refractivity contribution in [2.24, 2.45) is 0 Å². The van der Waals surface area contributed by atoms with Crippen molar-refractivity contribution in [3.05, 3.63) is 76.0 Å². The van der Waals surface area contributed by atoms with Crippen LogP contribution in [-0.4, -0.2) is 20.1 Å². The lowest BCUT2D eigenvalue weighted by Crippen LogP contribution is -2.29. The molecule has 148 valence electrons. The Bertz CT molecular complexity index is 1310. The highest BCUT2D eigenvalue weighted by atomic mass is 19.1. The number of nitrogens with zero attached hydrogens (tertiary/aromatic N) is 3. The highest BCUT2D eigenvalue weighted by Crippen LogP contribution is 2.27. The van der Waals surface area contributed by atoms with E-state index in [2.05, 4.69) is 10.3 Å². The van der Waals surface area contributed by atoms with Gasteiger partial charge < -0.3 is 5.32 Å². The number of halogens is 1. The SMILES string of the molecule is CCC(C(=O)Nc1ccc(F)cc1C)n1c2ccccc2c2nc(=O)cc(C)n21. The van der Waals surface area contributed by atoms with Crippen LogP contribution in [0.2, 0.25) is 0 Å². The first kappa shape index (κ1) is 18.9. The van der Waals surface area contributed by atoms with Crippen LogP contribution in [0.25, 0.3) is 16.6 Å². The Morgan fingerprint density at radius 3 is 2.66 bits per heavy atom. The van der Waals surface area contributed by atoms with Crippen LogP contribution in [0.3, 0.4) is 0 Å². The van der Waals surface area contributed by atoms with E-state index in [0.29, 0.717) is 29.0 Å². The molecule has 4 rings (SSSR count). The molecule has 0 aliphatic rings. The quantitative estimate of drug-likeness (QED) is 0.571. The maximum atomic E-state index is 13.4. The molecule has 0 aliphatic heterocycles. The summed E-state index contributed by atoms with van der Waals surface area (Å²) in [5, 5.41) is 3.72. The molecule has 2 aromatic carbocycles. The lowest BCUT2D eigenvalue weighted by Gasteiger charge is -2.21. The zero-order valence-corrected chi connectivity index (χ0v) is 16.4. The van der Waals surface area contributed by atoms with E-state index >= 15 is 0 Å². The average molecular weight is 392 g/mol. The predicted molar refractivity (Wildman–Crippen MR) is 111 cm³/mol. The summed E-state index contributed by atoms with van der Waals surface area (Å²) in [6, 6.07) is 12.7. The number of para-hydroxylation sites is 1. The third-order valence-electron chi connectivity index (χ3n) is 5.12. The van der Waals surface area contributed by atoms with Gasteiger partial charge in [-0.1, -0.05) is 19.1 Å². The van der Waals surface area contributed by atoms with Crippen LogP contribution in [0.1, 0.15) is 30.6 Å². The largest absolute Gasteiger partial charge is 0.324 e. The van der Waals surface area contributed by atoms with Gasteiger partial charge in [-0.2, -0.15) is 4.98 Å². The number of hydrogen-bond donors (Lipinski definition) is 1. The minimum absolute atomic E-state index is 0.219. The zero-order chi connectivity index (χ0) is 20.7. The van der Waals surface area contributed by atoms with Crippen LogP contribution in [0.15, 0.2) is 53.3 Å². The van der Waals surface area contributed by atoms with E-state index < -0.39 is 6.04 Å². The number of fused-ring (bicyclic) bond motifs is 3. The van der Waals surface area contributed by atoms with Gasteiger partial charge in [-0.3, -0.25) is 14.3 Å². The molecule has 4 aromatic rings. The lowest BCUT2D eigenvalue weighted by molar-refractivity contribution is -0.119. The van der Waals surface area contributed by atoms with Crippen molar-refractivity contribution in [3.8, 4) is 0 Å². The number of nitrogens with one attached hydrogen (secondary N) is 1. The molecular formula is C22H21FN4O2. The number of amides is 1. The number of carbonyl (C=O) groups is 1. The Labute approximate surface area is 166 Å². The first-order valence-electron chi connectivity index (χ1n) is 9.47. The van der Waals surface area contributed by atoms with E-state index in [9.17, 15) is 14.0 Å². The number of benzene rings is 2. The Hall–Kier alpha value is -3.48. The number of hydrogen-bond acceptors (Lipinski definition) is 3. The second-order valence-corrected chi connectivity index (χ2v) is 7.11. The first-order chi connectivity index (χ1) is 13.9. The van der Waals surface area contributed by atoms with Crippen LogP contribution in [0.4, 0.5) is 10.1 Å². The van der Waals surface area contributed by atoms with Gasteiger partial charge in [-0.05, 0) is 56.2 Å². The van der Waals surface area contributed by atoms with Crippen molar-refractivity contribution in [1.29, 1.82) is 0 Å². The predicted octanol–water partition coefficient (Wildman–Crippen LogP) is 3.99. The molecule has 0 saturated heterocycles. The van der Waals surface area contributed by atoms with E-state index in [1.807, 2.05) is 47.3 Å². The highest BCUT2D eigenvalue weighted by molar-refractivity contribution is 5.98. The summed E-state index contributed by atoms with van der Waals surface area (Å²) in [6.07, 6.45) is 0.519. The number of aryl methyl sites for hydroxylation is 2. The van der Waals surface area contributed by atoms with Gasteiger partial charge in [0.1, 0.15) is 11.9 Å². The van der Waals surface area contributed by atoms with E-state index in [1.165, 1.54) is 18.2 Å². The topological polar surface area (TPSA) is 68.4 Å². The fourth-order valence-electron chi connectivity index (χ4n) is 3.77. The zero-order valence-electron chi connectivity index (χ0n) is 16.4. The Morgan fingerprint density at radius 2 is 1.93 bits per heavy atom. The van der Waals surface area contributed by atoms with Crippen LogP contribution in [0, 0.1) is 19.7 Å². The van der Waals surface area contributed by atoms with Gasteiger partial charge >= 0.3 is 0 Å². The molecule has 0 spiro atoms. The van der Waals surface area contributed by atoms with Gasteiger partial charge in [0.2, 0.25) is 5.91 Å². The number of carbonyl (C=O) groups excluding carboxylic acids is 1. The summed E-state index contributed by atoms with van der Waals surface area (Å²) in [6.45, 7) is 5.49. The van der Waals surface area contributed by atoms with Crippen LogP contribution in [0.5, 0.6) is 0 Å². The summed E-state index contributed by atoms with van der Waals surface area (Å²) in [5.41, 5.74) is 2.93. The molecule has 1 atom stereocenters. The standard InChI is InChI=1S/C22H21FN4O2/c1-4-18(22(29)24-17-10-9-15(23)11-13(17)2)27-19-8-6-5-7-16(19)21-25-20(28)12-14(3)26(21)27/h5-12,18H,4H2,1-3H3,(H,24,29). The van der Waals surface area contributed by atoms with Gasteiger partial charge in [-0.15, -0.1) is 0 Å². The van der Waals surface area contributed by atoms with Gasteiger partial charge in [-0.25, -0.2) is 8.91 Å². The number of anilines is 1. The number of rotatable bonds is 4. The molecule has 0 aliphatic carbocycles. The van der Waals surface area contributed by atoms with Gasteiger partial charge in [0.05, 0.1) is 5.52 Å². The van der Waals surface area contributed by atoms with E-state index in [1.54, 1.807) is 13.0 Å². The molecule has 29 heavy (non-hydrogen) atoms. The third kappa shape index (κ3) is 3.18. The molecule has 7 heteroatoms. The maximum absolute atomic E-state index is 13.4.